The van der Waals surface area contributed by atoms with E-state index in [0.717, 1.165) is 0 Å². The zero-order valence-electron chi connectivity index (χ0n) is 10.7. The van der Waals surface area contributed by atoms with Gasteiger partial charge in [-0.15, -0.1) is 0 Å². The first-order chi connectivity index (χ1) is 5.29. The van der Waals surface area contributed by atoms with Gasteiger partial charge in [0.1, 0.15) is 12.2 Å². The number of hydrogen-bond acceptors (Lipinski definition) is 6. The molecule has 0 aromatic heterocycles. The van der Waals surface area contributed by atoms with Crippen LogP contribution in [0.3, 0.4) is 0 Å². The summed E-state index contributed by atoms with van der Waals surface area (Å²) in [7, 11) is 0. The van der Waals surface area contributed by atoms with E-state index in [0.29, 0.717) is 0 Å². The summed E-state index contributed by atoms with van der Waals surface area (Å²) in [5.74, 6) is -2.37. The number of carboxylic acids is 2. The smallest absolute Gasteiger partial charge is 0.332 e. The minimum absolute atomic E-state index is 0. The van der Waals surface area contributed by atoms with Crippen LogP contribution in [0.2, 0.25) is 0 Å². The molecular weight excluding hydrogens is 292 g/mol. The van der Waals surface area contributed by atoms with E-state index < -0.39 is 24.1 Å². The van der Waals surface area contributed by atoms with Gasteiger partial charge in [-0.25, -0.2) is 9.59 Å². The molecule has 16 N–H and O–H groups in total. The standard InChI is InChI=1S/2C3H6O3.2H3N.3H2O.Ti/c2*1-2(4)3(5)6;;;;;;/h2*2,4H,1H3,(H,5,6);2*1H3;3*1H2;. The fraction of sp³-hybridized carbons (Fsp3) is 0.667. The monoisotopic (exact) mass is 316 g/mol. The Bertz CT molecular complexity index is 149. The maximum Gasteiger partial charge on any atom is 0.332 e. The summed E-state index contributed by atoms with van der Waals surface area (Å²) >= 11 is 0. The van der Waals surface area contributed by atoms with Gasteiger partial charge in [0, 0.05) is 21.7 Å². The van der Waals surface area contributed by atoms with E-state index in [1.54, 1.807) is 0 Å². The predicted molar refractivity (Wildman–Crippen MR) is 58.1 cm³/mol. The van der Waals surface area contributed by atoms with Crippen molar-refractivity contribution < 1.29 is 68.2 Å². The average molecular weight is 316 g/mol. The van der Waals surface area contributed by atoms with Crippen LogP contribution in [-0.2, 0) is 31.3 Å². The number of aliphatic hydroxyl groups excluding tert-OH is 2. The SMILES string of the molecule is CC(O)C(=O)O.CC(O)C(=O)O.O.[NH4+].[NH4+].[OH-].[OH-].[Ti]. The molecule has 116 valence electrons. The molecule has 0 saturated carbocycles. The third kappa shape index (κ3) is 58.4. The number of quaternary nitrogens is 2. The second-order valence-electron chi connectivity index (χ2n) is 2.03. The normalized spacial score (nSPS) is 9.11. The first kappa shape index (κ1) is 53.0. The molecule has 0 fully saturated rings. The second-order valence-corrected chi connectivity index (χ2v) is 2.03. The van der Waals surface area contributed by atoms with Gasteiger partial charge in [0.05, 0.1) is 0 Å². The molecule has 0 aliphatic carbocycles. The summed E-state index contributed by atoms with van der Waals surface area (Å²) in [4.78, 5) is 18.9. The fourth-order valence-corrected chi connectivity index (χ4v) is 0. The molecule has 0 amide bonds. The van der Waals surface area contributed by atoms with Gasteiger partial charge >= 0.3 is 11.9 Å². The maximum absolute atomic E-state index is 9.45. The zero-order chi connectivity index (χ0) is 10.3. The average Bonchev–Trinajstić information content (AvgIpc) is 1.88. The number of hydrogen-bond donors (Lipinski definition) is 6. The van der Waals surface area contributed by atoms with Crippen LogP contribution in [0.25, 0.3) is 0 Å². The molecule has 0 aliphatic rings. The topological polar surface area (TPSA) is 280 Å². The van der Waals surface area contributed by atoms with Crippen molar-refractivity contribution in [3.05, 3.63) is 0 Å². The van der Waals surface area contributed by atoms with E-state index in [2.05, 4.69) is 0 Å². The van der Waals surface area contributed by atoms with Crippen LogP contribution in [0, 0.1) is 0 Å². The summed E-state index contributed by atoms with van der Waals surface area (Å²) in [6.07, 6.45) is -2.46. The number of rotatable bonds is 2. The molecule has 0 rings (SSSR count). The molecule has 12 heteroatoms. The van der Waals surface area contributed by atoms with Gasteiger partial charge in [-0.1, -0.05) is 0 Å². The molecule has 18 heavy (non-hydrogen) atoms. The Hall–Kier alpha value is -0.626. The third-order valence-corrected chi connectivity index (χ3v) is 0.715. The van der Waals surface area contributed by atoms with Crippen molar-refractivity contribution in [1.82, 2.24) is 12.3 Å². The molecular formula is C6H24N2O9Ti. The van der Waals surface area contributed by atoms with E-state index in [4.69, 9.17) is 20.4 Å². The van der Waals surface area contributed by atoms with Gasteiger partial charge < -0.3 is 49.2 Å². The molecule has 0 saturated heterocycles. The Morgan fingerprint density at radius 1 is 0.833 bits per heavy atom. The van der Waals surface area contributed by atoms with Gasteiger partial charge in [0.15, 0.2) is 0 Å². The van der Waals surface area contributed by atoms with Crippen LogP contribution in [0.15, 0.2) is 0 Å². The Labute approximate surface area is 119 Å². The quantitative estimate of drug-likeness (QED) is 0.324. The second kappa shape index (κ2) is 29.9. The van der Waals surface area contributed by atoms with Crippen LogP contribution in [0.5, 0.6) is 0 Å². The van der Waals surface area contributed by atoms with Gasteiger partial charge in [-0.3, -0.25) is 0 Å². The van der Waals surface area contributed by atoms with Crippen molar-refractivity contribution in [2.75, 3.05) is 0 Å². The van der Waals surface area contributed by atoms with Crippen LogP contribution in [0.1, 0.15) is 13.8 Å². The van der Waals surface area contributed by atoms with Crippen LogP contribution in [0.4, 0.5) is 0 Å². The van der Waals surface area contributed by atoms with Crippen molar-refractivity contribution in [3.8, 4) is 0 Å². The van der Waals surface area contributed by atoms with Crippen LogP contribution in [-0.4, -0.2) is 61.0 Å². The maximum atomic E-state index is 9.45. The van der Waals surface area contributed by atoms with E-state index in [1.807, 2.05) is 0 Å². The first-order valence-corrected chi connectivity index (χ1v) is 3.10. The Kier molecular flexibility index (Phi) is 88.1. The fourth-order valence-electron chi connectivity index (χ4n) is 0. The number of aliphatic carboxylic acids is 2. The van der Waals surface area contributed by atoms with Gasteiger partial charge in [-0.05, 0) is 13.8 Å². The van der Waals surface area contributed by atoms with E-state index >= 15 is 0 Å². The molecule has 0 heterocycles. The molecule has 0 spiro atoms. The summed E-state index contributed by atoms with van der Waals surface area (Å²) in [5.41, 5.74) is 0. The van der Waals surface area contributed by atoms with Gasteiger partial charge in [0.25, 0.3) is 0 Å². The van der Waals surface area contributed by atoms with Crippen molar-refractivity contribution in [2.45, 2.75) is 26.1 Å². The summed E-state index contributed by atoms with van der Waals surface area (Å²) in [5, 5.41) is 31.5. The third-order valence-electron chi connectivity index (χ3n) is 0.715. The Morgan fingerprint density at radius 3 is 0.889 bits per heavy atom. The minimum atomic E-state index is -1.23. The number of aliphatic hydroxyl groups is 2. The summed E-state index contributed by atoms with van der Waals surface area (Å²) in [6.45, 7) is 2.39. The van der Waals surface area contributed by atoms with Crippen LogP contribution >= 0.6 is 0 Å². The Morgan fingerprint density at radius 2 is 0.889 bits per heavy atom. The van der Waals surface area contributed by atoms with Crippen LogP contribution < -0.4 is 12.3 Å². The van der Waals surface area contributed by atoms with Crippen molar-refractivity contribution in [1.29, 1.82) is 0 Å². The largest absolute Gasteiger partial charge is 0.870 e. The van der Waals surface area contributed by atoms with E-state index in [-0.39, 0.29) is 50.4 Å². The van der Waals surface area contributed by atoms with E-state index in [1.165, 1.54) is 13.8 Å². The number of carboxylic acid groups (broad SMARTS) is 2. The molecule has 0 aromatic rings. The number of carbonyl (C=O) groups is 2. The van der Waals surface area contributed by atoms with Crippen molar-refractivity contribution in [3.63, 3.8) is 0 Å². The molecule has 0 radical (unpaired) electrons. The molecule has 2 unspecified atom stereocenters. The van der Waals surface area contributed by atoms with E-state index in [9.17, 15) is 9.59 Å². The van der Waals surface area contributed by atoms with Crippen molar-refractivity contribution >= 4 is 11.9 Å². The first-order valence-electron chi connectivity index (χ1n) is 3.10. The van der Waals surface area contributed by atoms with Gasteiger partial charge in [-0.2, -0.15) is 0 Å². The molecule has 2 atom stereocenters. The predicted octanol–water partition coefficient (Wildman–Crippen LogP) is -1.52. The summed E-state index contributed by atoms with van der Waals surface area (Å²) < 4.78 is 0. The summed E-state index contributed by atoms with van der Waals surface area (Å²) in [6, 6.07) is 0. The molecule has 0 aromatic carbocycles. The Balaban J connectivity index is -0.0000000139. The zero-order valence-corrected chi connectivity index (χ0v) is 12.2. The minimum Gasteiger partial charge on any atom is -0.870 e. The molecule has 0 aliphatic heterocycles. The van der Waals surface area contributed by atoms with Crippen molar-refractivity contribution in [2.24, 2.45) is 0 Å². The van der Waals surface area contributed by atoms with Gasteiger partial charge in [0.2, 0.25) is 0 Å². The molecule has 0 bridgehead atoms. The molecule has 11 nitrogen and oxygen atoms in total.